The van der Waals surface area contributed by atoms with Crippen LogP contribution >= 0.6 is 0 Å². The van der Waals surface area contributed by atoms with Crippen LogP contribution < -0.4 is 5.32 Å². The molecule has 164 valence electrons. The molecule has 11 heteroatoms. The number of hydrogen-bond acceptors (Lipinski definition) is 8. The maximum atomic E-state index is 14.2. The third kappa shape index (κ3) is 4.61. The number of nitrogens with one attached hydrogen (secondary N) is 1. The van der Waals surface area contributed by atoms with Gasteiger partial charge in [0.1, 0.15) is 23.5 Å². The highest BCUT2D eigenvalue weighted by atomic mass is 19.1. The molecule has 3 aromatic heterocycles. The standard InChI is InChI=1S/C21H18F2N6O3/c1-31-19(30)6-8-24-20-15(23)11-25-21(26-20)17-10-18(16-7-9-32-28-16)29(27-17)12-13-4-2-3-5-14(13)22/h2-5,7,9-11H,6,8,12H2,1H3,(H,24,25,26). The van der Waals surface area contributed by atoms with E-state index in [-0.39, 0.29) is 37.0 Å². The van der Waals surface area contributed by atoms with Crippen molar-refractivity contribution < 1.29 is 22.8 Å². The lowest BCUT2D eigenvalue weighted by Gasteiger charge is -2.07. The minimum Gasteiger partial charge on any atom is -0.469 e. The van der Waals surface area contributed by atoms with Crippen LogP contribution in [0.2, 0.25) is 0 Å². The van der Waals surface area contributed by atoms with Gasteiger partial charge >= 0.3 is 5.97 Å². The van der Waals surface area contributed by atoms with Crippen LogP contribution in [-0.2, 0) is 16.1 Å². The van der Waals surface area contributed by atoms with Crippen LogP contribution in [-0.4, -0.2) is 44.5 Å². The summed E-state index contributed by atoms with van der Waals surface area (Å²) in [6.45, 7) is 0.256. The van der Waals surface area contributed by atoms with Crippen molar-refractivity contribution >= 4 is 11.8 Å². The fourth-order valence-corrected chi connectivity index (χ4v) is 2.98. The zero-order valence-electron chi connectivity index (χ0n) is 17.0. The van der Waals surface area contributed by atoms with E-state index in [2.05, 4.69) is 30.3 Å². The number of methoxy groups -OCH3 is 1. The fourth-order valence-electron chi connectivity index (χ4n) is 2.98. The molecule has 3 heterocycles. The van der Waals surface area contributed by atoms with E-state index < -0.39 is 11.8 Å². The average Bonchev–Trinajstić information content (AvgIpc) is 3.46. The first-order chi connectivity index (χ1) is 15.5. The largest absolute Gasteiger partial charge is 0.469 e. The van der Waals surface area contributed by atoms with Gasteiger partial charge in [-0.15, -0.1) is 0 Å². The van der Waals surface area contributed by atoms with Gasteiger partial charge in [0, 0.05) is 18.2 Å². The lowest BCUT2D eigenvalue weighted by Crippen LogP contribution is -2.12. The Morgan fingerprint density at radius 3 is 2.78 bits per heavy atom. The van der Waals surface area contributed by atoms with E-state index in [9.17, 15) is 13.6 Å². The van der Waals surface area contributed by atoms with Crippen LogP contribution in [0.4, 0.5) is 14.6 Å². The minimum atomic E-state index is -0.680. The van der Waals surface area contributed by atoms with E-state index in [0.29, 0.717) is 22.6 Å². The van der Waals surface area contributed by atoms with Gasteiger partial charge in [-0.25, -0.2) is 18.7 Å². The Hall–Kier alpha value is -4.15. The van der Waals surface area contributed by atoms with Gasteiger partial charge in [-0.3, -0.25) is 9.48 Å². The van der Waals surface area contributed by atoms with Gasteiger partial charge in [0.25, 0.3) is 0 Å². The molecule has 0 fully saturated rings. The Morgan fingerprint density at radius 2 is 2.03 bits per heavy atom. The summed E-state index contributed by atoms with van der Waals surface area (Å²) in [5.74, 6) is -1.42. The number of esters is 1. The fraction of sp³-hybridized carbons (Fsp3) is 0.190. The molecule has 0 saturated heterocycles. The number of halogens is 2. The summed E-state index contributed by atoms with van der Waals surface area (Å²) in [6.07, 6.45) is 2.46. The third-order valence-corrected chi connectivity index (χ3v) is 4.58. The van der Waals surface area contributed by atoms with Crippen LogP contribution in [0.15, 0.2) is 53.4 Å². The van der Waals surface area contributed by atoms with E-state index in [1.54, 1.807) is 35.0 Å². The highest BCUT2D eigenvalue weighted by Gasteiger charge is 2.18. The van der Waals surface area contributed by atoms with Crippen molar-refractivity contribution in [3.05, 3.63) is 66.1 Å². The second kappa shape index (κ2) is 9.33. The van der Waals surface area contributed by atoms with Crippen LogP contribution in [0.5, 0.6) is 0 Å². The molecule has 1 aromatic carbocycles. The monoisotopic (exact) mass is 440 g/mol. The smallest absolute Gasteiger partial charge is 0.307 e. The first-order valence-electron chi connectivity index (χ1n) is 9.60. The van der Waals surface area contributed by atoms with Gasteiger partial charge in [-0.1, -0.05) is 23.4 Å². The molecular weight excluding hydrogens is 422 g/mol. The number of carbonyl (C=O) groups is 1. The molecular formula is C21H18F2N6O3. The van der Waals surface area contributed by atoms with Crippen molar-refractivity contribution in [1.82, 2.24) is 24.9 Å². The maximum absolute atomic E-state index is 14.2. The molecule has 1 N–H and O–H groups in total. The lowest BCUT2D eigenvalue weighted by atomic mass is 10.2. The molecule has 0 spiro atoms. The first kappa shape index (κ1) is 21.1. The molecule has 0 saturated carbocycles. The number of nitrogens with zero attached hydrogens (tertiary/aromatic N) is 5. The van der Waals surface area contributed by atoms with Gasteiger partial charge in [-0.05, 0) is 12.1 Å². The SMILES string of the molecule is COC(=O)CCNc1nc(-c2cc(-c3ccon3)n(Cc3ccccc3F)n2)ncc1F. The number of hydrogen-bond donors (Lipinski definition) is 1. The Kier molecular flexibility index (Phi) is 6.15. The van der Waals surface area contributed by atoms with Gasteiger partial charge in [0.15, 0.2) is 17.5 Å². The zero-order valence-corrected chi connectivity index (χ0v) is 17.0. The molecule has 0 aliphatic heterocycles. The van der Waals surface area contributed by atoms with Gasteiger partial charge in [-0.2, -0.15) is 5.10 Å². The molecule has 4 aromatic rings. The summed E-state index contributed by atoms with van der Waals surface area (Å²) >= 11 is 0. The molecule has 4 rings (SSSR count). The minimum absolute atomic E-state index is 0.0445. The summed E-state index contributed by atoms with van der Waals surface area (Å²) in [4.78, 5) is 19.5. The van der Waals surface area contributed by atoms with Crippen LogP contribution in [0.1, 0.15) is 12.0 Å². The molecule has 9 nitrogen and oxygen atoms in total. The van der Waals surface area contributed by atoms with Crippen molar-refractivity contribution in [2.45, 2.75) is 13.0 Å². The van der Waals surface area contributed by atoms with Crippen molar-refractivity contribution in [3.8, 4) is 22.9 Å². The first-order valence-corrected chi connectivity index (χ1v) is 9.60. The van der Waals surface area contributed by atoms with Crippen LogP contribution in [0.3, 0.4) is 0 Å². The maximum Gasteiger partial charge on any atom is 0.307 e. The van der Waals surface area contributed by atoms with Crippen LogP contribution in [0, 0.1) is 11.6 Å². The van der Waals surface area contributed by atoms with E-state index in [1.165, 1.54) is 19.4 Å². The Balaban J connectivity index is 1.66. The quantitative estimate of drug-likeness (QED) is 0.416. The second-order valence-electron chi connectivity index (χ2n) is 6.69. The highest BCUT2D eigenvalue weighted by molar-refractivity contribution is 5.70. The topological polar surface area (TPSA) is 108 Å². The van der Waals surface area contributed by atoms with Crippen molar-refractivity contribution in [2.75, 3.05) is 19.0 Å². The Labute approximate surface area is 181 Å². The predicted molar refractivity (Wildman–Crippen MR) is 109 cm³/mol. The van der Waals surface area contributed by atoms with Crippen molar-refractivity contribution in [2.24, 2.45) is 0 Å². The molecule has 0 radical (unpaired) electrons. The summed E-state index contributed by atoms with van der Waals surface area (Å²) in [7, 11) is 1.27. The number of ether oxygens (including phenoxy) is 1. The van der Waals surface area contributed by atoms with Gasteiger partial charge in [0.2, 0.25) is 0 Å². The lowest BCUT2D eigenvalue weighted by molar-refractivity contribution is -0.140. The Morgan fingerprint density at radius 1 is 1.19 bits per heavy atom. The van der Waals surface area contributed by atoms with E-state index >= 15 is 0 Å². The summed E-state index contributed by atoms with van der Waals surface area (Å²) in [5, 5.41) is 11.2. The highest BCUT2D eigenvalue weighted by Crippen LogP contribution is 2.26. The van der Waals surface area contributed by atoms with E-state index in [0.717, 1.165) is 6.20 Å². The zero-order chi connectivity index (χ0) is 22.5. The Bertz CT molecular complexity index is 1230. The van der Waals surface area contributed by atoms with Crippen molar-refractivity contribution in [3.63, 3.8) is 0 Å². The van der Waals surface area contributed by atoms with Gasteiger partial charge in [0.05, 0.1) is 32.0 Å². The summed E-state index contributed by atoms with van der Waals surface area (Å²) in [6, 6.07) is 9.65. The van der Waals surface area contributed by atoms with E-state index in [1.807, 2.05) is 0 Å². The normalized spacial score (nSPS) is 10.8. The molecule has 0 aliphatic carbocycles. The molecule has 32 heavy (non-hydrogen) atoms. The van der Waals surface area contributed by atoms with Gasteiger partial charge < -0.3 is 14.6 Å². The number of anilines is 1. The third-order valence-electron chi connectivity index (χ3n) is 4.58. The predicted octanol–water partition coefficient (Wildman–Crippen LogP) is 3.30. The number of benzene rings is 1. The number of rotatable bonds is 8. The number of aromatic nitrogens is 5. The molecule has 0 atom stereocenters. The summed E-state index contributed by atoms with van der Waals surface area (Å²) < 4.78 is 39.4. The molecule has 0 unspecified atom stereocenters. The average molecular weight is 440 g/mol. The molecule has 0 bridgehead atoms. The molecule has 0 amide bonds. The number of carbonyl (C=O) groups excluding carboxylic acids is 1. The van der Waals surface area contributed by atoms with E-state index in [4.69, 9.17) is 4.52 Å². The van der Waals surface area contributed by atoms with Crippen LogP contribution in [0.25, 0.3) is 22.9 Å². The molecule has 0 aliphatic rings. The van der Waals surface area contributed by atoms with Crippen molar-refractivity contribution in [1.29, 1.82) is 0 Å². The summed E-state index contributed by atoms with van der Waals surface area (Å²) in [5.41, 5.74) is 1.79. The second-order valence-corrected chi connectivity index (χ2v) is 6.69.